The molecule has 2 fully saturated rings. The van der Waals surface area contributed by atoms with E-state index in [1.54, 1.807) is 0 Å². The normalized spacial score (nSPS) is 25.2. The standard InChI is InChI=1S/C18H30N2O2/c1-6-8-14(2)20-13-15-11-16(20)12-19(15)10-7-9-17(21)22-18(3,4)5/h6,8,15-16H,2,7,9-13H2,1,3-5H3/b8-6-. The Labute approximate surface area is 134 Å². The maximum atomic E-state index is 11.7. The summed E-state index contributed by atoms with van der Waals surface area (Å²) in [6.45, 7) is 15.1. The highest BCUT2D eigenvalue weighted by Gasteiger charge is 2.42. The van der Waals surface area contributed by atoms with Crippen molar-refractivity contribution in [2.45, 2.75) is 64.6 Å². The lowest BCUT2D eigenvalue weighted by Crippen LogP contribution is -2.45. The number of hydrogen-bond acceptors (Lipinski definition) is 4. The molecule has 0 radical (unpaired) electrons. The Morgan fingerprint density at radius 2 is 2.05 bits per heavy atom. The van der Waals surface area contributed by atoms with E-state index < -0.39 is 0 Å². The summed E-state index contributed by atoms with van der Waals surface area (Å²) >= 11 is 0. The van der Waals surface area contributed by atoms with E-state index in [0.29, 0.717) is 18.5 Å². The minimum atomic E-state index is -0.378. The molecule has 4 nitrogen and oxygen atoms in total. The number of nitrogens with zero attached hydrogens (tertiary/aromatic N) is 2. The van der Waals surface area contributed by atoms with Crippen molar-refractivity contribution in [3.8, 4) is 0 Å². The van der Waals surface area contributed by atoms with E-state index in [-0.39, 0.29) is 11.6 Å². The predicted molar refractivity (Wildman–Crippen MR) is 89.5 cm³/mol. The molecule has 0 aromatic heterocycles. The number of rotatable bonds is 6. The largest absolute Gasteiger partial charge is 0.460 e. The molecule has 0 aromatic rings. The Morgan fingerprint density at radius 3 is 2.59 bits per heavy atom. The van der Waals surface area contributed by atoms with Crippen molar-refractivity contribution in [2.24, 2.45) is 0 Å². The minimum absolute atomic E-state index is 0.0834. The quantitative estimate of drug-likeness (QED) is 0.558. The monoisotopic (exact) mass is 306 g/mol. The van der Waals surface area contributed by atoms with Crippen molar-refractivity contribution in [1.29, 1.82) is 0 Å². The van der Waals surface area contributed by atoms with Crippen LogP contribution in [0.25, 0.3) is 0 Å². The number of esters is 1. The van der Waals surface area contributed by atoms with E-state index in [2.05, 4.69) is 22.5 Å². The molecule has 0 saturated carbocycles. The molecule has 0 aromatic carbocycles. The zero-order valence-corrected chi connectivity index (χ0v) is 14.5. The second-order valence-corrected chi connectivity index (χ2v) is 7.37. The zero-order valence-electron chi connectivity index (χ0n) is 14.5. The summed E-state index contributed by atoms with van der Waals surface area (Å²) in [7, 11) is 0. The van der Waals surface area contributed by atoms with Gasteiger partial charge >= 0.3 is 5.97 Å². The van der Waals surface area contributed by atoms with E-state index in [1.165, 1.54) is 6.42 Å². The first-order valence-electron chi connectivity index (χ1n) is 8.34. The highest BCUT2D eigenvalue weighted by atomic mass is 16.6. The summed E-state index contributed by atoms with van der Waals surface area (Å²) in [6, 6.07) is 1.21. The summed E-state index contributed by atoms with van der Waals surface area (Å²) in [5.41, 5.74) is 0.751. The van der Waals surface area contributed by atoms with Crippen LogP contribution in [0, 0.1) is 0 Å². The predicted octanol–water partition coefficient (Wildman–Crippen LogP) is 2.96. The Hall–Kier alpha value is -1.29. The van der Waals surface area contributed by atoms with E-state index in [0.717, 1.165) is 31.8 Å². The third-order valence-electron chi connectivity index (χ3n) is 4.33. The van der Waals surface area contributed by atoms with Gasteiger partial charge in [0.05, 0.1) is 0 Å². The van der Waals surface area contributed by atoms with Crippen LogP contribution in [0.5, 0.6) is 0 Å². The van der Waals surface area contributed by atoms with Gasteiger partial charge < -0.3 is 9.64 Å². The molecule has 0 spiro atoms. The van der Waals surface area contributed by atoms with Gasteiger partial charge in [0.25, 0.3) is 0 Å². The van der Waals surface area contributed by atoms with Crippen LogP contribution < -0.4 is 0 Å². The molecule has 2 atom stereocenters. The Morgan fingerprint density at radius 1 is 1.32 bits per heavy atom. The minimum Gasteiger partial charge on any atom is -0.460 e. The molecule has 4 heteroatoms. The molecule has 2 aliphatic rings. The highest BCUT2D eigenvalue weighted by Crippen LogP contribution is 2.33. The molecule has 2 saturated heterocycles. The van der Waals surface area contributed by atoms with E-state index in [4.69, 9.17) is 4.74 Å². The second-order valence-electron chi connectivity index (χ2n) is 7.37. The summed E-state index contributed by atoms with van der Waals surface area (Å²) in [4.78, 5) is 16.7. The van der Waals surface area contributed by atoms with Crippen molar-refractivity contribution in [3.63, 3.8) is 0 Å². The molecule has 2 aliphatic heterocycles. The maximum absolute atomic E-state index is 11.7. The molecular weight excluding hydrogens is 276 g/mol. The summed E-state index contributed by atoms with van der Waals surface area (Å²) in [6.07, 6.45) is 6.76. The summed E-state index contributed by atoms with van der Waals surface area (Å²) in [5, 5.41) is 0. The third kappa shape index (κ3) is 4.35. The maximum Gasteiger partial charge on any atom is 0.306 e. The average Bonchev–Trinajstić information content (AvgIpc) is 2.96. The van der Waals surface area contributed by atoms with Crippen LogP contribution in [0.2, 0.25) is 0 Å². The molecule has 0 aliphatic carbocycles. The number of piperazine rings is 1. The highest BCUT2D eigenvalue weighted by molar-refractivity contribution is 5.69. The second kappa shape index (κ2) is 6.86. The first kappa shape index (κ1) is 17.1. The van der Waals surface area contributed by atoms with Gasteiger partial charge in [-0.05, 0) is 53.2 Å². The number of hydrogen-bond donors (Lipinski definition) is 0. The Kier molecular flexibility index (Phi) is 5.32. The lowest BCUT2D eigenvalue weighted by Gasteiger charge is -2.35. The first-order chi connectivity index (χ1) is 10.3. The van der Waals surface area contributed by atoms with Gasteiger partial charge in [-0.2, -0.15) is 0 Å². The molecule has 2 bridgehead atoms. The van der Waals surface area contributed by atoms with Crippen LogP contribution in [0.3, 0.4) is 0 Å². The number of likely N-dealkylation sites (tertiary alicyclic amines) is 2. The SMILES string of the molecule is C=C(/C=C\C)N1CC2CC1CN2CCCC(=O)OC(C)(C)C. The van der Waals surface area contributed by atoms with Gasteiger partial charge in [-0.15, -0.1) is 0 Å². The molecule has 22 heavy (non-hydrogen) atoms. The third-order valence-corrected chi connectivity index (χ3v) is 4.33. The van der Waals surface area contributed by atoms with Crippen LogP contribution in [-0.2, 0) is 9.53 Å². The van der Waals surface area contributed by atoms with Gasteiger partial charge in [0.15, 0.2) is 0 Å². The molecule has 2 heterocycles. The fourth-order valence-corrected chi connectivity index (χ4v) is 3.48. The van der Waals surface area contributed by atoms with Crippen molar-refractivity contribution in [3.05, 3.63) is 24.4 Å². The lowest BCUT2D eigenvalue weighted by atomic mass is 10.2. The summed E-state index contributed by atoms with van der Waals surface area (Å²) in [5.74, 6) is -0.0834. The molecule has 2 unspecified atom stereocenters. The topological polar surface area (TPSA) is 32.8 Å². The Balaban J connectivity index is 1.71. The van der Waals surface area contributed by atoms with E-state index in [9.17, 15) is 4.79 Å². The zero-order chi connectivity index (χ0) is 16.3. The van der Waals surface area contributed by atoms with Gasteiger partial charge in [-0.1, -0.05) is 12.7 Å². The van der Waals surface area contributed by atoms with Crippen LogP contribution in [-0.4, -0.2) is 53.1 Å². The van der Waals surface area contributed by atoms with Crippen LogP contribution in [0.4, 0.5) is 0 Å². The fraction of sp³-hybridized carbons (Fsp3) is 0.722. The van der Waals surface area contributed by atoms with Gasteiger partial charge in [0, 0.05) is 37.3 Å². The van der Waals surface area contributed by atoms with Gasteiger partial charge in [-0.3, -0.25) is 9.69 Å². The van der Waals surface area contributed by atoms with Crippen molar-refractivity contribution < 1.29 is 9.53 Å². The lowest BCUT2D eigenvalue weighted by molar-refractivity contribution is -0.155. The average molecular weight is 306 g/mol. The number of carbonyl (C=O) groups excluding carboxylic acids is 1. The summed E-state index contributed by atoms with van der Waals surface area (Å²) < 4.78 is 5.35. The fourth-order valence-electron chi connectivity index (χ4n) is 3.48. The van der Waals surface area contributed by atoms with Gasteiger partial charge in [0.2, 0.25) is 0 Å². The molecule has 0 amide bonds. The van der Waals surface area contributed by atoms with E-state index in [1.807, 2.05) is 33.8 Å². The number of carbonyl (C=O) groups is 1. The smallest absolute Gasteiger partial charge is 0.306 e. The Bertz CT molecular complexity index is 450. The number of fused-ring (bicyclic) bond motifs is 2. The van der Waals surface area contributed by atoms with Crippen LogP contribution >= 0.6 is 0 Å². The van der Waals surface area contributed by atoms with Crippen LogP contribution in [0.1, 0.15) is 47.0 Å². The molecule has 0 N–H and O–H groups in total. The molecule has 124 valence electrons. The van der Waals surface area contributed by atoms with Crippen molar-refractivity contribution in [2.75, 3.05) is 19.6 Å². The van der Waals surface area contributed by atoms with E-state index >= 15 is 0 Å². The van der Waals surface area contributed by atoms with Crippen molar-refractivity contribution >= 4 is 5.97 Å². The molecule has 2 rings (SSSR count). The van der Waals surface area contributed by atoms with Crippen molar-refractivity contribution in [1.82, 2.24) is 9.80 Å². The van der Waals surface area contributed by atoms with Crippen LogP contribution in [0.15, 0.2) is 24.4 Å². The van der Waals surface area contributed by atoms with Gasteiger partial charge in [0.1, 0.15) is 5.60 Å². The number of allylic oxidation sites excluding steroid dienone is 2. The number of ether oxygens (including phenoxy) is 1. The van der Waals surface area contributed by atoms with Gasteiger partial charge in [-0.25, -0.2) is 0 Å². The molecular formula is C18H30N2O2. The first-order valence-corrected chi connectivity index (χ1v) is 8.34.